The lowest BCUT2D eigenvalue weighted by Gasteiger charge is -2.48. The Morgan fingerprint density at radius 1 is 1.35 bits per heavy atom. The second-order valence-corrected chi connectivity index (χ2v) is 8.36. The van der Waals surface area contributed by atoms with Crippen molar-refractivity contribution in [3.63, 3.8) is 0 Å². The van der Waals surface area contributed by atoms with Crippen LogP contribution in [-0.2, 0) is 16.1 Å². The van der Waals surface area contributed by atoms with Crippen LogP contribution in [0, 0.1) is 0 Å². The van der Waals surface area contributed by atoms with Gasteiger partial charge in [-0.1, -0.05) is 0 Å². The lowest BCUT2D eigenvalue weighted by molar-refractivity contribution is -0.153. The van der Waals surface area contributed by atoms with Crippen LogP contribution in [0.1, 0.15) is 32.6 Å². The molecular formula is C18H31N5O2S. The summed E-state index contributed by atoms with van der Waals surface area (Å²) in [7, 11) is 0. The molecule has 7 nitrogen and oxygen atoms in total. The summed E-state index contributed by atoms with van der Waals surface area (Å²) in [6, 6.07) is 0.585. The molecule has 1 aromatic heterocycles. The number of hydrogen-bond donors (Lipinski definition) is 0. The first-order valence-electron chi connectivity index (χ1n) is 9.59. The first-order chi connectivity index (χ1) is 12.6. The average molecular weight is 382 g/mol. The maximum Gasteiger partial charge on any atom is 0.222 e. The SMILES string of the molecule is CSCC(C)N1CCOC2(CCN(C(=O)CCCn3cncn3)CC2)C1. The number of amides is 1. The van der Waals surface area contributed by atoms with Gasteiger partial charge in [0.15, 0.2) is 0 Å². The van der Waals surface area contributed by atoms with Gasteiger partial charge >= 0.3 is 0 Å². The number of piperidine rings is 1. The fourth-order valence-corrected chi connectivity index (χ4v) is 4.65. The number of thioether (sulfide) groups is 1. The summed E-state index contributed by atoms with van der Waals surface area (Å²) >= 11 is 1.90. The number of rotatable bonds is 7. The first-order valence-corrected chi connectivity index (χ1v) is 11.0. The van der Waals surface area contributed by atoms with Gasteiger partial charge in [0.2, 0.25) is 5.91 Å². The van der Waals surface area contributed by atoms with Gasteiger partial charge in [-0.25, -0.2) is 4.98 Å². The third-order valence-electron chi connectivity index (χ3n) is 5.58. The van der Waals surface area contributed by atoms with Crippen LogP contribution in [0.2, 0.25) is 0 Å². The van der Waals surface area contributed by atoms with E-state index in [1.807, 2.05) is 16.7 Å². The molecule has 0 radical (unpaired) electrons. The highest BCUT2D eigenvalue weighted by Gasteiger charge is 2.41. The van der Waals surface area contributed by atoms with Crippen molar-refractivity contribution in [3.8, 4) is 0 Å². The number of ether oxygens (including phenoxy) is 1. The molecule has 26 heavy (non-hydrogen) atoms. The smallest absolute Gasteiger partial charge is 0.222 e. The zero-order chi connectivity index (χ0) is 18.4. The Kier molecular flexibility index (Phi) is 6.94. The van der Waals surface area contributed by atoms with Gasteiger partial charge in [-0.15, -0.1) is 0 Å². The average Bonchev–Trinajstić information content (AvgIpc) is 3.16. The molecule has 2 aliphatic heterocycles. The van der Waals surface area contributed by atoms with E-state index in [1.54, 1.807) is 11.0 Å². The van der Waals surface area contributed by atoms with Crippen molar-refractivity contribution >= 4 is 17.7 Å². The standard InChI is InChI=1S/C18H31N5O2S/c1-16(12-26-2)22-10-11-25-18(13-22)5-8-21(9-6-18)17(24)4-3-7-23-15-19-14-20-23/h14-16H,3-13H2,1-2H3. The number of morpholine rings is 1. The lowest BCUT2D eigenvalue weighted by atomic mass is 9.88. The fourth-order valence-electron chi connectivity index (χ4n) is 3.96. The molecule has 2 aliphatic rings. The Balaban J connectivity index is 1.43. The zero-order valence-electron chi connectivity index (χ0n) is 16.0. The molecule has 3 rings (SSSR count). The van der Waals surface area contributed by atoms with Crippen molar-refractivity contribution in [1.29, 1.82) is 0 Å². The second-order valence-electron chi connectivity index (χ2n) is 7.45. The molecule has 2 saturated heterocycles. The Morgan fingerprint density at radius 3 is 2.85 bits per heavy atom. The van der Waals surface area contributed by atoms with Crippen molar-refractivity contribution in [3.05, 3.63) is 12.7 Å². The third kappa shape index (κ3) is 4.98. The summed E-state index contributed by atoms with van der Waals surface area (Å²) in [5.41, 5.74) is -0.0531. The number of hydrogen-bond acceptors (Lipinski definition) is 6. The van der Waals surface area contributed by atoms with Gasteiger partial charge in [-0.2, -0.15) is 16.9 Å². The topological polar surface area (TPSA) is 63.5 Å². The molecule has 0 aromatic carbocycles. The van der Waals surface area contributed by atoms with Gasteiger partial charge < -0.3 is 9.64 Å². The molecule has 3 heterocycles. The van der Waals surface area contributed by atoms with Gasteiger partial charge in [-0.05, 0) is 32.4 Å². The zero-order valence-corrected chi connectivity index (χ0v) is 16.8. The van der Waals surface area contributed by atoms with E-state index < -0.39 is 0 Å². The molecular weight excluding hydrogens is 350 g/mol. The van der Waals surface area contributed by atoms with Crippen LogP contribution >= 0.6 is 11.8 Å². The van der Waals surface area contributed by atoms with E-state index in [1.165, 1.54) is 6.33 Å². The predicted molar refractivity (Wildman–Crippen MR) is 103 cm³/mol. The molecule has 0 bridgehead atoms. The Bertz CT molecular complexity index is 560. The molecule has 1 amide bonds. The Labute approximate surface area is 160 Å². The highest BCUT2D eigenvalue weighted by atomic mass is 32.2. The molecule has 1 unspecified atom stereocenters. The van der Waals surface area contributed by atoms with Crippen LogP contribution in [0.25, 0.3) is 0 Å². The van der Waals surface area contributed by atoms with E-state index in [0.29, 0.717) is 12.5 Å². The summed E-state index contributed by atoms with van der Waals surface area (Å²) in [6.07, 6.45) is 8.66. The fraction of sp³-hybridized carbons (Fsp3) is 0.833. The van der Waals surface area contributed by atoms with E-state index in [4.69, 9.17) is 4.74 Å². The van der Waals surface area contributed by atoms with E-state index in [2.05, 4.69) is 28.2 Å². The summed E-state index contributed by atoms with van der Waals surface area (Å²) < 4.78 is 7.99. The van der Waals surface area contributed by atoms with Crippen molar-refractivity contribution in [1.82, 2.24) is 24.6 Å². The monoisotopic (exact) mass is 381 g/mol. The molecule has 1 atom stereocenters. The lowest BCUT2D eigenvalue weighted by Crippen LogP contribution is -2.59. The van der Waals surface area contributed by atoms with E-state index >= 15 is 0 Å². The Morgan fingerprint density at radius 2 is 2.15 bits per heavy atom. The number of nitrogens with zero attached hydrogens (tertiary/aromatic N) is 5. The summed E-state index contributed by atoms with van der Waals surface area (Å²) in [6.45, 7) is 7.51. The van der Waals surface area contributed by atoms with E-state index in [-0.39, 0.29) is 11.5 Å². The minimum Gasteiger partial charge on any atom is -0.372 e. The molecule has 2 fully saturated rings. The quantitative estimate of drug-likeness (QED) is 0.713. The van der Waals surface area contributed by atoms with Crippen LogP contribution < -0.4 is 0 Å². The van der Waals surface area contributed by atoms with Gasteiger partial charge in [0.25, 0.3) is 0 Å². The minimum absolute atomic E-state index is 0.0531. The summed E-state index contributed by atoms with van der Waals surface area (Å²) in [5.74, 6) is 1.41. The number of aromatic nitrogens is 3. The van der Waals surface area contributed by atoms with Crippen LogP contribution in [-0.4, -0.2) is 86.9 Å². The van der Waals surface area contributed by atoms with Gasteiger partial charge in [0.1, 0.15) is 12.7 Å². The summed E-state index contributed by atoms with van der Waals surface area (Å²) in [4.78, 5) is 21.0. The number of carbonyl (C=O) groups excluding carboxylic acids is 1. The molecule has 146 valence electrons. The molecule has 0 aliphatic carbocycles. The predicted octanol–water partition coefficient (Wildman–Crippen LogP) is 1.50. The molecule has 1 spiro atoms. The first kappa shape index (κ1) is 19.6. The van der Waals surface area contributed by atoms with Crippen molar-refractivity contribution in [2.45, 2.75) is 50.8 Å². The van der Waals surface area contributed by atoms with Crippen LogP contribution in [0.15, 0.2) is 12.7 Å². The van der Waals surface area contributed by atoms with Crippen molar-refractivity contribution in [2.75, 3.05) is 44.8 Å². The van der Waals surface area contributed by atoms with E-state index in [0.717, 1.165) is 64.3 Å². The van der Waals surface area contributed by atoms with Crippen molar-refractivity contribution in [2.24, 2.45) is 0 Å². The number of likely N-dealkylation sites (tertiary alicyclic amines) is 1. The maximum atomic E-state index is 12.5. The number of carbonyl (C=O) groups is 1. The van der Waals surface area contributed by atoms with Crippen LogP contribution in [0.3, 0.4) is 0 Å². The van der Waals surface area contributed by atoms with E-state index in [9.17, 15) is 4.79 Å². The maximum absolute atomic E-state index is 12.5. The molecule has 0 N–H and O–H groups in total. The third-order valence-corrected chi connectivity index (χ3v) is 6.40. The number of aryl methyl sites for hydroxylation is 1. The van der Waals surface area contributed by atoms with Gasteiger partial charge in [-0.3, -0.25) is 14.4 Å². The second kappa shape index (κ2) is 9.19. The Hall–Kier alpha value is -1.12. The van der Waals surface area contributed by atoms with Crippen LogP contribution in [0.5, 0.6) is 0 Å². The highest BCUT2D eigenvalue weighted by molar-refractivity contribution is 7.98. The van der Waals surface area contributed by atoms with Gasteiger partial charge in [0, 0.05) is 50.9 Å². The van der Waals surface area contributed by atoms with Crippen molar-refractivity contribution < 1.29 is 9.53 Å². The molecule has 0 saturated carbocycles. The molecule has 8 heteroatoms. The highest BCUT2D eigenvalue weighted by Crippen LogP contribution is 2.31. The minimum atomic E-state index is -0.0531. The largest absolute Gasteiger partial charge is 0.372 e. The van der Waals surface area contributed by atoms with Crippen LogP contribution in [0.4, 0.5) is 0 Å². The van der Waals surface area contributed by atoms with Gasteiger partial charge in [0.05, 0.1) is 12.2 Å². The normalized spacial score (nSPS) is 21.8. The molecule has 1 aromatic rings. The summed E-state index contributed by atoms with van der Waals surface area (Å²) in [5, 5.41) is 4.07.